The lowest BCUT2D eigenvalue weighted by atomic mass is 9.40. The van der Waals surface area contributed by atoms with Crippen molar-refractivity contribution in [2.45, 2.75) is 96.9 Å². The van der Waals surface area contributed by atoms with Gasteiger partial charge in [-0.15, -0.1) is 0 Å². The van der Waals surface area contributed by atoms with Gasteiger partial charge in [0.05, 0.1) is 0 Å². The van der Waals surface area contributed by atoms with Crippen LogP contribution in [0.4, 0.5) is 0 Å². The van der Waals surface area contributed by atoms with Crippen LogP contribution in [-0.4, -0.2) is 5.54 Å². The smallest absolute Gasteiger partial charge is 0.0240 e. The lowest BCUT2D eigenvalue weighted by molar-refractivity contribution is -0.143. The van der Waals surface area contributed by atoms with E-state index in [1.165, 1.54) is 70.6 Å². The Hall–Kier alpha value is -0.0400. The molecule has 0 saturated heterocycles. The Morgan fingerprint density at radius 2 is 1.68 bits per heavy atom. The van der Waals surface area contributed by atoms with Gasteiger partial charge in [-0.05, 0) is 79.4 Å². The fourth-order valence-corrected chi connectivity index (χ4v) is 8.10. The van der Waals surface area contributed by atoms with Gasteiger partial charge in [-0.3, -0.25) is 0 Å². The monoisotopic (exact) mass is 303 g/mol. The average Bonchev–Trinajstić information content (AvgIpc) is 2.89. The van der Waals surface area contributed by atoms with E-state index in [0.717, 1.165) is 23.7 Å². The first-order valence-corrected chi connectivity index (χ1v) is 10.2. The molecular formula is C21H37N. The number of hydrogen-bond donors (Lipinski definition) is 1. The fourth-order valence-electron chi connectivity index (χ4n) is 8.10. The zero-order valence-electron chi connectivity index (χ0n) is 15.2. The van der Waals surface area contributed by atoms with E-state index in [0.29, 0.717) is 10.8 Å². The highest BCUT2D eigenvalue weighted by Crippen LogP contribution is 2.68. The summed E-state index contributed by atoms with van der Waals surface area (Å²) in [5.41, 5.74) is 8.49. The van der Waals surface area contributed by atoms with Gasteiger partial charge in [0.25, 0.3) is 0 Å². The molecule has 0 radical (unpaired) electrons. The Labute approximate surface area is 137 Å². The van der Waals surface area contributed by atoms with Gasteiger partial charge >= 0.3 is 0 Å². The molecule has 126 valence electrons. The molecule has 7 atom stereocenters. The van der Waals surface area contributed by atoms with Gasteiger partial charge in [0, 0.05) is 5.54 Å². The molecule has 4 aliphatic rings. The van der Waals surface area contributed by atoms with Gasteiger partial charge in [-0.25, -0.2) is 0 Å². The quantitative estimate of drug-likeness (QED) is 0.677. The van der Waals surface area contributed by atoms with E-state index in [9.17, 15) is 0 Å². The Bertz CT molecular complexity index is 445. The van der Waals surface area contributed by atoms with Crippen LogP contribution in [0.3, 0.4) is 0 Å². The van der Waals surface area contributed by atoms with Crippen LogP contribution in [-0.2, 0) is 0 Å². The van der Waals surface area contributed by atoms with Crippen molar-refractivity contribution in [2.75, 3.05) is 0 Å². The summed E-state index contributed by atoms with van der Waals surface area (Å²) in [6.45, 7) is 7.64. The van der Waals surface area contributed by atoms with Crippen LogP contribution in [0.2, 0.25) is 0 Å². The number of nitrogens with two attached hydrogens (primary N) is 1. The van der Waals surface area contributed by atoms with Crippen molar-refractivity contribution >= 4 is 0 Å². The zero-order chi connectivity index (χ0) is 15.6. The predicted octanol–water partition coefficient (Wildman–Crippen LogP) is 5.53. The first-order valence-electron chi connectivity index (χ1n) is 10.2. The minimum atomic E-state index is 0.146. The van der Waals surface area contributed by atoms with E-state index in [1.807, 2.05) is 0 Å². The average molecular weight is 304 g/mol. The molecule has 0 bridgehead atoms. The second-order valence-corrected chi connectivity index (χ2v) is 9.97. The van der Waals surface area contributed by atoms with Gasteiger partial charge in [0.2, 0.25) is 0 Å². The summed E-state index contributed by atoms with van der Waals surface area (Å²) >= 11 is 0. The molecule has 1 heteroatoms. The maximum atomic E-state index is 7.23. The molecule has 0 amide bonds. The molecular weight excluding hydrogens is 266 g/mol. The van der Waals surface area contributed by atoms with E-state index >= 15 is 0 Å². The first-order chi connectivity index (χ1) is 10.4. The molecule has 0 heterocycles. The van der Waals surface area contributed by atoms with E-state index in [1.54, 1.807) is 0 Å². The lowest BCUT2D eigenvalue weighted by Gasteiger charge is -2.66. The summed E-state index contributed by atoms with van der Waals surface area (Å²) in [5.74, 6) is 3.72. The third-order valence-corrected chi connectivity index (χ3v) is 9.41. The van der Waals surface area contributed by atoms with Crippen LogP contribution >= 0.6 is 0 Å². The van der Waals surface area contributed by atoms with Gasteiger partial charge in [-0.1, -0.05) is 46.5 Å². The Morgan fingerprint density at radius 3 is 2.45 bits per heavy atom. The zero-order valence-corrected chi connectivity index (χ0v) is 15.2. The van der Waals surface area contributed by atoms with Crippen LogP contribution in [0.25, 0.3) is 0 Å². The first kappa shape index (κ1) is 15.5. The molecule has 2 N–H and O–H groups in total. The summed E-state index contributed by atoms with van der Waals surface area (Å²) in [6.07, 6.45) is 15.7. The highest BCUT2D eigenvalue weighted by Gasteiger charge is 2.63. The van der Waals surface area contributed by atoms with Gasteiger partial charge in [-0.2, -0.15) is 0 Å². The molecule has 4 fully saturated rings. The van der Waals surface area contributed by atoms with Crippen molar-refractivity contribution in [3.63, 3.8) is 0 Å². The Kier molecular flexibility index (Phi) is 3.50. The third kappa shape index (κ3) is 1.81. The van der Waals surface area contributed by atoms with Gasteiger partial charge in [0.15, 0.2) is 0 Å². The molecule has 4 aliphatic carbocycles. The lowest BCUT2D eigenvalue weighted by Crippen LogP contribution is -2.69. The van der Waals surface area contributed by atoms with Gasteiger partial charge in [0.1, 0.15) is 0 Å². The normalized spacial score (nSPS) is 57.8. The van der Waals surface area contributed by atoms with E-state index in [2.05, 4.69) is 20.8 Å². The third-order valence-electron chi connectivity index (χ3n) is 9.41. The van der Waals surface area contributed by atoms with Crippen LogP contribution in [0.1, 0.15) is 91.4 Å². The maximum Gasteiger partial charge on any atom is 0.0240 e. The second kappa shape index (κ2) is 4.98. The molecule has 4 rings (SSSR count). The Morgan fingerprint density at radius 1 is 0.909 bits per heavy atom. The minimum Gasteiger partial charge on any atom is -0.324 e. The summed E-state index contributed by atoms with van der Waals surface area (Å²) in [7, 11) is 0. The summed E-state index contributed by atoms with van der Waals surface area (Å²) < 4.78 is 0. The van der Waals surface area contributed by atoms with Crippen LogP contribution in [0.5, 0.6) is 0 Å². The molecule has 0 aromatic carbocycles. The number of rotatable bonds is 1. The highest BCUT2D eigenvalue weighted by atomic mass is 14.9. The number of fused-ring (bicyclic) bond motifs is 5. The van der Waals surface area contributed by atoms with E-state index < -0.39 is 0 Å². The van der Waals surface area contributed by atoms with Crippen molar-refractivity contribution in [1.29, 1.82) is 0 Å². The molecule has 0 spiro atoms. The van der Waals surface area contributed by atoms with Crippen LogP contribution < -0.4 is 5.73 Å². The molecule has 0 aromatic rings. The second-order valence-electron chi connectivity index (χ2n) is 9.97. The summed E-state index contributed by atoms with van der Waals surface area (Å²) in [6, 6.07) is 0. The van der Waals surface area contributed by atoms with Gasteiger partial charge < -0.3 is 5.73 Å². The standard InChI is InChI=1S/C21H37N/c1-4-15-14-16-17-8-7-10-19(17,2)13-9-18(16)20(3)11-5-6-12-21(15,20)22/h15-18H,4-14,22H2,1-3H3/t15-,16-,17?,18-,19-,20+,21+/m0/s1. The maximum absolute atomic E-state index is 7.23. The summed E-state index contributed by atoms with van der Waals surface area (Å²) in [5, 5.41) is 0. The summed E-state index contributed by atoms with van der Waals surface area (Å²) in [4.78, 5) is 0. The van der Waals surface area contributed by atoms with Crippen molar-refractivity contribution < 1.29 is 0 Å². The van der Waals surface area contributed by atoms with E-state index in [4.69, 9.17) is 5.73 Å². The van der Waals surface area contributed by atoms with Crippen molar-refractivity contribution in [1.82, 2.24) is 0 Å². The fraction of sp³-hybridized carbons (Fsp3) is 1.00. The van der Waals surface area contributed by atoms with Crippen molar-refractivity contribution in [2.24, 2.45) is 40.2 Å². The predicted molar refractivity (Wildman–Crippen MR) is 93.6 cm³/mol. The van der Waals surface area contributed by atoms with Crippen LogP contribution in [0, 0.1) is 34.5 Å². The van der Waals surface area contributed by atoms with E-state index in [-0.39, 0.29) is 5.54 Å². The largest absolute Gasteiger partial charge is 0.324 e. The molecule has 1 unspecified atom stereocenters. The van der Waals surface area contributed by atoms with Crippen LogP contribution in [0.15, 0.2) is 0 Å². The molecule has 4 saturated carbocycles. The van der Waals surface area contributed by atoms with Crippen molar-refractivity contribution in [3.8, 4) is 0 Å². The minimum absolute atomic E-state index is 0.146. The Balaban J connectivity index is 1.73. The molecule has 0 aromatic heterocycles. The van der Waals surface area contributed by atoms with Crippen molar-refractivity contribution in [3.05, 3.63) is 0 Å². The molecule has 0 aliphatic heterocycles. The topological polar surface area (TPSA) is 26.0 Å². The highest BCUT2D eigenvalue weighted by molar-refractivity contribution is 5.16. The SMILES string of the molecule is CC[C@H]1C[C@H]2C3CCC[C@@]3(C)CC[C@@H]2[C@@]2(C)CCCC[C@@]12N. The molecule has 1 nitrogen and oxygen atoms in total. The number of hydrogen-bond acceptors (Lipinski definition) is 1. The molecule has 22 heavy (non-hydrogen) atoms.